The number of nitrogens with zero attached hydrogens (tertiary/aromatic N) is 1. The number of ether oxygens (including phenoxy) is 1. The Bertz CT molecular complexity index is 911. The van der Waals surface area contributed by atoms with Gasteiger partial charge in [0.05, 0.1) is 10.5 Å². The molecule has 0 bridgehead atoms. The zero-order valence-corrected chi connectivity index (χ0v) is 15.1. The standard InChI is InChI=1S/C18H15ClN2O6/c1-10(17(23)12-3-6-14(7-4-12)20-11(2)22)27-18(24)13-5-8-15(19)16(9-13)21(25)26/h3-10H,1-2H3,(H,20,22)/t10-/m0/s1. The Morgan fingerprint density at radius 1 is 1.11 bits per heavy atom. The predicted octanol–water partition coefficient (Wildman–Crippen LogP) is 3.63. The molecule has 0 fully saturated rings. The fraction of sp³-hybridized carbons (Fsp3) is 0.167. The van der Waals surface area contributed by atoms with Gasteiger partial charge in [0.25, 0.3) is 5.69 Å². The highest BCUT2D eigenvalue weighted by atomic mass is 35.5. The maximum atomic E-state index is 12.4. The molecule has 2 rings (SSSR count). The molecule has 0 saturated carbocycles. The molecule has 0 unspecified atom stereocenters. The number of carbonyl (C=O) groups is 3. The van der Waals surface area contributed by atoms with Crippen LogP contribution in [0.25, 0.3) is 0 Å². The first-order chi connectivity index (χ1) is 12.7. The first-order valence-electron chi connectivity index (χ1n) is 7.76. The molecule has 0 aliphatic heterocycles. The minimum Gasteiger partial charge on any atom is -0.451 e. The Balaban J connectivity index is 2.09. The number of Topliss-reactive ketones (excluding diaryl/α,β-unsaturated/α-hetero) is 1. The molecule has 1 N–H and O–H groups in total. The molecule has 27 heavy (non-hydrogen) atoms. The van der Waals surface area contributed by atoms with Crippen LogP contribution in [0.15, 0.2) is 42.5 Å². The van der Waals surface area contributed by atoms with Gasteiger partial charge in [0, 0.05) is 24.2 Å². The third-order valence-electron chi connectivity index (χ3n) is 3.52. The SMILES string of the molecule is CC(=O)Nc1ccc(C(=O)[C@H](C)OC(=O)c2ccc(Cl)c([N+](=O)[O-])c2)cc1. The van der Waals surface area contributed by atoms with Gasteiger partial charge in [-0.25, -0.2) is 4.79 Å². The van der Waals surface area contributed by atoms with Gasteiger partial charge in [-0.2, -0.15) is 0 Å². The van der Waals surface area contributed by atoms with Crippen LogP contribution in [0.4, 0.5) is 11.4 Å². The number of benzene rings is 2. The number of hydrogen-bond donors (Lipinski definition) is 1. The van der Waals surface area contributed by atoms with Crippen molar-refractivity contribution >= 4 is 40.6 Å². The monoisotopic (exact) mass is 390 g/mol. The number of halogens is 1. The van der Waals surface area contributed by atoms with Gasteiger partial charge in [-0.1, -0.05) is 11.6 Å². The van der Waals surface area contributed by atoms with Crippen LogP contribution in [0.1, 0.15) is 34.6 Å². The van der Waals surface area contributed by atoms with Crippen LogP contribution in [0.5, 0.6) is 0 Å². The molecule has 8 nitrogen and oxygen atoms in total. The number of amides is 1. The Labute approximate surface area is 159 Å². The molecule has 0 aromatic heterocycles. The maximum absolute atomic E-state index is 12.4. The molecule has 0 heterocycles. The average Bonchev–Trinajstić information content (AvgIpc) is 2.61. The van der Waals surface area contributed by atoms with Crippen molar-refractivity contribution < 1.29 is 24.0 Å². The van der Waals surface area contributed by atoms with E-state index < -0.39 is 28.5 Å². The van der Waals surface area contributed by atoms with E-state index in [1.165, 1.54) is 38.1 Å². The molecular formula is C18H15ClN2O6. The van der Waals surface area contributed by atoms with Crippen LogP contribution in [0.3, 0.4) is 0 Å². The molecule has 0 spiro atoms. The average molecular weight is 391 g/mol. The number of nitro groups is 1. The topological polar surface area (TPSA) is 116 Å². The molecule has 0 saturated heterocycles. The van der Waals surface area contributed by atoms with Gasteiger partial charge in [-0.3, -0.25) is 19.7 Å². The number of nitro benzene ring substituents is 1. The van der Waals surface area contributed by atoms with Crippen LogP contribution in [-0.4, -0.2) is 28.7 Å². The van der Waals surface area contributed by atoms with E-state index in [9.17, 15) is 24.5 Å². The van der Waals surface area contributed by atoms with Crippen molar-refractivity contribution in [1.29, 1.82) is 0 Å². The first kappa shape index (κ1) is 20.1. The zero-order chi connectivity index (χ0) is 20.1. The quantitative estimate of drug-likeness (QED) is 0.348. The highest BCUT2D eigenvalue weighted by Gasteiger charge is 2.22. The summed E-state index contributed by atoms with van der Waals surface area (Å²) in [6, 6.07) is 9.55. The van der Waals surface area contributed by atoms with Gasteiger partial charge >= 0.3 is 5.97 Å². The molecule has 0 aliphatic carbocycles. The number of ketones is 1. The summed E-state index contributed by atoms with van der Waals surface area (Å²) in [4.78, 5) is 45.7. The van der Waals surface area contributed by atoms with Gasteiger partial charge in [-0.15, -0.1) is 0 Å². The van der Waals surface area contributed by atoms with Crippen molar-refractivity contribution in [3.8, 4) is 0 Å². The van der Waals surface area contributed by atoms with Gasteiger partial charge in [0.15, 0.2) is 6.10 Å². The molecule has 0 aliphatic rings. The lowest BCUT2D eigenvalue weighted by Crippen LogP contribution is -2.24. The molecule has 1 atom stereocenters. The Kier molecular flexibility index (Phi) is 6.25. The van der Waals surface area contributed by atoms with Crippen LogP contribution in [-0.2, 0) is 9.53 Å². The molecule has 9 heteroatoms. The second kappa shape index (κ2) is 8.41. The second-order valence-corrected chi connectivity index (χ2v) is 6.00. The number of anilines is 1. The smallest absolute Gasteiger partial charge is 0.339 e. The lowest BCUT2D eigenvalue weighted by Gasteiger charge is -2.13. The van der Waals surface area contributed by atoms with Crippen molar-refractivity contribution in [2.75, 3.05) is 5.32 Å². The lowest BCUT2D eigenvalue weighted by atomic mass is 10.1. The van der Waals surface area contributed by atoms with Crippen molar-refractivity contribution in [2.45, 2.75) is 20.0 Å². The third kappa shape index (κ3) is 5.11. The normalized spacial score (nSPS) is 11.4. The van der Waals surface area contributed by atoms with E-state index >= 15 is 0 Å². The molecule has 2 aromatic carbocycles. The fourth-order valence-electron chi connectivity index (χ4n) is 2.22. The molecule has 2 aromatic rings. The minimum absolute atomic E-state index is 0.0910. The Hall–Kier alpha value is -3.26. The van der Waals surface area contributed by atoms with Crippen molar-refractivity contribution in [1.82, 2.24) is 0 Å². The fourth-order valence-corrected chi connectivity index (χ4v) is 2.40. The van der Waals surface area contributed by atoms with E-state index in [4.69, 9.17) is 16.3 Å². The summed E-state index contributed by atoms with van der Waals surface area (Å²) >= 11 is 5.70. The summed E-state index contributed by atoms with van der Waals surface area (Å²) < 4.78 is 5.10. The van der Waals surface area contributed by atoms with Crippen molar-refractivity contribution in [3.63, 3.8) is 0 Å². The number of esters is 1. The van der Waals surface area contributed by atoms with Gasteiger partial charge in [0.1, 0.15) is 5.02 Å². The van der Waals surface area contributed by atoms with E-state index in [0.29, 0.717) is 5.69 Å². The van der Waals surface area contributed by atoms with Gasteiger partial charge in [-0.05, 0) is 43.3 Å². The zero-order valence-electron chi connectivity index (χ0n) is 14.4. The van der Waals surface area contributed by atoms with E-state index in [2.05, 4.69) is 5.32 Å². The van der Waals surface area contributed by atoms with E-state index in [1.807, 2.05) is 0 Å². The number of carbonyl (C=O) groups excluding carboxylic acids is 3. The lowest BCUT2D eigenvalue weighted by molar-refractivity contribution is -0.384. The summed E-state index contributed by atoms with van der Waals surface area (Å²) in [6.45, 7) is 2.76. The number of nitrogens with one attached hydrogen (secondary N) is 1. The third-order valence-corrected chi connectivity index (χ3v) is 3.84. The summed E-state index contributed by atoms with van der Waals surface area (Å²) in [5.74, 6) is -1.58. The number of rotatable bonds is 6. The number of hydrogen-bond acceptors (Lipinski definition) is 6. The minimum atomic E-state index is -1.11. The Morgan fingerprint density at radius 3 is 2.26 bits per heavy atom. The molecule has 1 amide bonds. The maximum Gasteiger partial charge on any atom is 0.339 e. The van der Waals surface area contributed by atoms with Crippen molar-refractivity contribution in [3.05, 3.63) is 68.7 Å². The molecule has 0 radical (unpaired) electrons. The first-order valence-corrected chi connectivity index (χ1v) is 8.13. The molecular weight excluding hydrogens is 376 g/mol. The second-order valence-electron chi connectivity index (χ2n) is 5.59. The predicted molar refractivity (Wildman–Crippen MR) is 98.1 cm³/mol. The summed E-state index contributed by atoms with van der Waals surface area (Å²) in [6.07, 6.45) is -1.11. The molecule has 140 valence electrons. The van der Waals surface area contributed by atoms with Gasteiger partial charge in [0.2, 0.25) is 11.7 Å². The Morgan fingerprint density at radius 2 is 1.70 bits per heavy atom. The van der Waals surface area contributed by atoms with E-state index in [0.717, 1.165) is 6.07 Å². The van der Waals surface area contributed by atoms with E-state index in [1.54, 1.807) is 12.1 Å². The van der Waals surface area contributed by atoms with Crippen LogP contribution >= 0.6 is 11.6 Å². The van der Waals surface area contributed by atoms with E-state index in [-0.39, 0.29) is 22.1 Å². The highest BCUT2D eigenvalue weighted by molar-refractivity contribution is 6.32. The summed E-state index contributed by atoms with van der Waals surface area (Å²) in [5, 5.41) is 13.4. The van der Waals surface area contributed by atoms with Crippen LogP contribution in [0, 0.1) is 10.1 Å². The highest BCUT2D eigenvalue weighted by Crippen LogP contribution is 2.25. The summed E-state index contributed by atoms with van der Waals surface area (Å²) in [5.41, 5.74) is 0.286. The van der Waals surface area contributed by atoms with Gasteiger partial charge < -0.3 is 10.1 Å². The summed E-state index contributed by atoms with van der Waals surface area (Å²) in [7, 11) is 0. The van der Waals surface area contributed by atoms with Crippen molar-refractivity contribution in [2.24, 2.45) is 0 Å². The van der Waals surface area contributed by atoms with Crippen LogP contribution in [0.2, 0.25) is 5.02 Å². The largest absolute Gasteiger partial charge is 0.451 e. The van der Waals surface area contributed by atoms with Crippen LogP contribution < -0.4 is 5.32 Å².